The van der Waals surface area contributed by atoms with Gasteiger partial charge < -0.3 is 25.4 Å². The van der Waals surface area contributed by atoms with E-state index in [2.05, 4.69) is 20.2 Å². The van der Waals surface area contributed by atoms with E-state index in [4.69, 9.17) is 0 Å². The second-order valence-electron chi connectivity index (χ2n) is 7.37. The van der Waals surface area contributed by atoms with E-state index < -0.39 is 16.8 Å². The fourth-order valence-electron chi connectivity index (χ4n) is 3.26. The van der Waals surface area contributed by atoms with Crippen LogP contribution in [-0.4, -0.2) is 58.2 Å². The molecule has 0 radical (unpaired) electrons. The lowest BCUT2D eigenvalue weighted by Crippen LogP contribution is -2.20. The lowest BCUT2D eigenvalue weighted by Gasteiger charge is -2.09. The number of unbranched alkanes of at least 4 members (excludes halogenated alkanes) is 2. The van der Waals surface area contributed by atoms with E-state index >= 15 is 0 Å². The third kappa shape index (κ3) is 4.41. The zero-order chi connectivity index (χ0) is 21.8. The normalized spacial score (nSPS) is 12.2. The number of nitrogens with zero attached hydrogens (tertiary/aromatic N) is 2. The van der Waals surface area contributed by atoms with Crippen LogP contribution in [0.15, 0.2) is 27.8 Å². The summed E-state index contributed by atoms with van der Waals surface area (Å²) in [6.07, 6.45) is 4.60. The average molecular weight is 412 g/mol. The van der Waals surface area contributed by atoms with E-state index in [1.165, 1.54) is 6.07 Å². The molecule has 0 amide bonds. The number of hydrogen-bond acceptors (Lipinski definition) is 7. The Morgan fingerprint density at radius 3 is 2.60 bits per heavy atom. The molecule has 30 heavy (non-hydrogen) atoms. The average Bonchev–Trinajstić information content (AvgIpc) is 2.68. The maximum Gasteiger partial charge on any atom is 0.337 e. The van der Waals surface area contributed by atoms with Crippen LogP contribution < -0.4 is 21.4 Å². The number of rotatable bonds is 8. The number of aromatic nitrogens is 2. The summed E-state index contributed by atoms with van der Waals surface area (Å²) >= 11 is 0. The summed E-state index contributed by atoms with van der Waals surface area (Å²) in [4.78, 5) is 45.2. The van der Waals surface area contributed by atoms with Gasteiger partial charge in [0.05, 0.1) is 16.3 Å². The highest BCUT2D eigenvalue weighted by atomic mass is 16.4. The maximum atomic E-state index is 12.4. The number of fused-ring (bicyclic) bond motifs is 2. The first-order valence-electron chi connectivity index (χ1n) is 9.64. The van der Waals surface area contributed by atoms with Gasteiger partial charge in [-0.3, -0.25) is 9.59 Å². The predicted molar refractivity (Wildman–Crippen MR) is 115 cm³/mol. The summed E-state index contributed by atoms with van der Waals surface area (Å²) in [6.45, 7) is 1.68. The molecule has 1 heterocycles. The molecule has 9 nitrogen and oxygen atoms in total. The van der Waals surface area contributed by atoms with Crippen molar-refractivity contribution in [1.29, 1.82) is 0 Å². The van der Waals surface area contributed by atoms with Crippen LogP contribution in [0.5, 0.6) is 5.75 Å². The molecule has 158 valence electrons. The minimum absolute atomic E-state index is 0.0208. The Labute approximate surface area is 171 Å². The van der Waals surface area contributed by atoms with Gasteiger partial charge in [-0.15, -0.1) is 0 Å². The molecule has 4 N–H and O–H groups in total. The van der Waals surface area contributed by atoms with Crippen molar-refractivity contribution in [1.82, 2.24) is 20.2 Å². The molecule has 0 atom stereocenters. The molecule has 0 fully saturated rings. The standard InChI is InChI=1S/C21H24N4O5/c1-25(2)9-5-3-4-8-22-11-13-15(27)10-16(28)20-18(13)24-19-14(26)7-6-12(21(29)30)17(19)23-20/h6-7,10-11,22-23,27H,3-5,8-9H2,1-2H3,(H,29,30)/b13-11-. The largest absolute Gasteiger partial charge is 0.507 e. The number of carboxylic acids is 1. The van der Waals surface area contributed by atoms with Crippen LogP contribution in [0, 0.1) is 0 Å². The first-order chi connectivity index (χ1) is 14.3. The number of hydrogen-bond donors (Lipinski definition) is 4. The van der Waals surface area contributed by atoms with Crippen molar-refractivity contribution in [3.05, 3.63) is 49.4 Å². The van der Waals surface area contributed by atoms with Crippen molar-refractivity contribution >= 4 is 34.2 Å². The van der Waals surface area contributed by atoms with Crippen LogP contribution >= 0.6 is 0 Å². The highest BCUT2D eigenvalue weighted by Gasteiger charge is 2.16. The third-order valence-electron chi connectivity index (χ3n) is 4.80. The van der Waals surface area contributed by atoms with Crippen molar-refractivity contribution in [2.75, 3.05) is 27.2 Å². The molecule has 1 aromatic heterocycles. The maximum absolute atomic E-state index is 12.4. The summed E-state index contributed by atoms with van der Waals surface area (Å²) in [5.41, 5.74) is -1.20. The molecular weight excluding hydrogens is 388 g/mol. The molecule has 0 saturated carbocycles. The molecule has 0 spiro atoms. The number of aromatic amines is 1. The smallest absolute Gasteiger partial charge is 0.337 e. The Bertz CT molecular complexity index is 1270. The molecule has 0 bridgehead atoms. The Hall–Kier alpha value is -3.46. The molecule has 0 aliphatic rings. The molecule has 2 aromatic carbocycles. The lowest BCUT2D eigenvalue weighted by molar-refractivity contribution is 0.0699. The van der Waals surface area contributed by atoms with Gasteiger partial charge in [-0.1, -0.05) is 6.42 Å². The van der Waals surface area contributed by atoms with Crippen LogP contribution in [0.3, 0.4) is 0 Å². The first-order valence-corrected chi connectivity index (χ1v) is 9.64. The zero-order valence-electron chi connectivity index (χ0n) is 16.9. The highest BCUT2D eigenvalue weighted by molar-refractivity contribution is 6.02. The Morgan fingerprint density at radius 1 is 1.13 bits per heavy atom. The number of H-pyrrole nitrogens is 1. The van der Waals surface area contributed by atoms with Crippen molar-refractivity contribution in [3.8, 4) is 5.75 Å². The van der Waals surface area contributed by atoms with Gasteiger partial charge in [0.2, 0.25) is 10.9 Å². The summed E-state index contributed by atoms with van der Waals surface area (Å²) < 4.78 is 0. The second-order valence-corrected chi connectivity index (χ2v) is 7.37. The fourth-order valence-corrected chi connectivity index (χ4v) is 3.26. The fraction of sp³-hybridized carbons (Fsp3) is 0.333. The highest BCUT2D eigenvalue weighted by Crippen LogP contribution is 2.15. The monoisotopic (exact) mass is 412 g/mol. The number of carbonyl (C=O) groups is 1. The van der Waals surface area contributed by atoms with Crippen molar-refractivity contribution in [3.63, 3.8) is 0 Å². The van der Waals surface area contributed by atoms with Gasteiger partial charge in [0.15, 0.2) is 0 Å². The first kappa shape index (κ1) is 21.3. The zero-order valence-corrected chi connectivity index (χ0v) is 16.9. The minimum Gasteiger partial charge on any atom is -0.507 e. The second kappa shape index (κ2) is 8.91. The van der Waals surface area contributed by atoms with Crippen LogP contribution in [0.1, 0.15) is 29.6 Å². The molecule has 3 rings (SSSR count). The molecular formula is C21H24N4O5. The molecule has 0 unspecified atom stereocenters. The van der Waals surface area contributed by atoms with E-state index in [-0.39, 0.29) is 38.6 Å². The number of carboxylic acid groups (broad SMARTS) is 1. The third-order valence-corrected chi connectivity index (χ3v) is 4.80. The van der Waals surface area contributed by atoms with Gasteiger partial charge in [-0.2, -0.15) is 0 Å². The molecule has 3 aromatic rings. The Kier molecular flexibility index (Phi) is 6.31. The number of phenols is 1. The van der Waals surface area contributed by atoms with Crippen LogP contribution in [0.2, 0.25) is 0 Å². The van der Waals surface area contributed by atoms with Gasteiger partial charge in [0.1, 0.15) is 22.3 Å². The molecule has 0 saturated heterocycles. The van der Waals surface area contributed by atoms with Crippen molar-refractivity contribution in [2.24, 2.45) is 0 Å². The van der Waals surface area contributed by atoms with E-state index in [0.29, 0.717) is 6.54 Å². The van der Waals surface area contributed by atoms with Gasteiger partial charge in [-0.25, -0.2) is 9.78 Å². The van der Waals surface area contributed by atoms with E-state index in [9.17, 15) is 24.6 Å². The van der Waals surface area contributed by atoms with E-state index in [0.717, 1.165) is 37.9 Å². The molecule has 0 aliphatic carbocycles. The number of aromatic hydroxyl groups is 1. The van der Waals surface area contributed by atoms with Crippen molar-refractivity contribution < 1.29 is 15.0 Å². The summed E-state index contributed by atoms with van der Waals surface area (Å²) in [5.74, 6) is -1.51. The van der Waals surface area contributed by atoms with Crippen LogP contribution in [-0.2, 0) is 0 Å². The van der Waals surface area contributed by atoms with Gasteiger partial charge in [0.25, 0.3) is 0 Å². The minimum atomic E-state index is -1.24. The molecule has 0 aliphatic heterocycles. The number of benzene rings is 2. The van der Waals surface area contributed by atoms with Gasteiger partial charge in [-0.05, 0) is 45.6 Å². The summed E-state index contributed by atoms with van der Waals surface area (Å²) in [5, 5.41) is 23.0. The van der Waals surface area contributed by atoms with Crippen LogP contribution in [0.4, 0.5) is 0 Å². The predicted octanol–water partition coefficient (Wildman–Crippen LogP) is 0.619. The Balaban J connectivity index is 2.02. The summed E-state index contributed by atoms with van der Waals surface area (Å²) in [6, 6.07) is 3.33. The number of nitrogens with one attached hydrogen (secondary N) is 2. The Morgan fingerprint density at radius 2 is 1.90 bits per heavy atom. The molecule has 9 heteroatoms. The van der Waals surface area contributed by atoms with Crippen molar-refractivity contribution in [2.45, 2.75) is 19.3 Å². The quantitative estimate of drug-likeness (QED) is 0.312. The van der Waals surface area contributed by atoms with E-state index in [1.807, 2.05) is 14.1 Å². The van der Waals surface area contributed by atoms with Crippen LogP contribution in [0.25, 0.3) is 28.3 Å². The summed E-state index contributed by atoms with van der Waals surface area (Å²) in [7, 11) is 4.06. The lowest BCUT2D eigenvalue weighted by atomic mass is 10.1. The SMILES string of the molecule is CN(C)CCCCCN/C=c1/c(O)cc(=O)c2[nH]c3c(C(=O)O)ccc(=O)c3nc12. The number of aromatic carboxylic acids is 1. The topological polar surface area (TPSA) is 136 Å². The number of phenolic OH excluding ortho intramolecular Hbond substituents is 1. The van der Waals surface area contributed by atoms with Gasteiger partial charge >= 0.3 is 5.97 Å². The van der Waals surface area contributed by atoms with Gasteiger partial charge in [0, 0.05) is 18.8 Å². The van der Waals surface area contributed by atoms with E-state index in [1.54, 1.807) is 6.20 Å².